The van der Waals surface area contributed by atoms with Gasteiger partial charge in [0.1, 0.15) is 12.4 Å². The van der Waals surface area contributed by atoms with E-state index in [0.717, 1.165) is 22.3 Å². The van der Waals surface area contributed by atoms with Crippen molar-refractivity contribution in [2.45, 2.75) is 37.5 Å². The zero-order valence-corrected chi connectivity index (χ0v) is 16.3. The molecule has 1 aliphatic rings. The minimum absolute atomic E-state index is 0.0327. The molecule has 138 valence electrons. The summed E-state index contributed by atoms with van der Waals surface area (Å²) < 4.78 is 5.74. The average Bonchev–Trinajstić information content (AvgIpc) is 3.18. The van der Waals surface area contributed by atoms with E-state index in [9.17, 15) is 4.79 Å². The second kappa shape index (κ2) is 9.89. The van der Waals surface area contributed by atoms with Crippen molar-refractivity contribution in [3.63, 3.8) is 0 Å². The van der Waals surface area contributed by atoms with Crippen LogP contribution in [-0.2, 0) is 6.61 Å². The van der Waals surface area contributed by atoms with E-state index in [1.807, 2.05) is 48.2 Å². The maximum absolute atomic E-state index is 12.2. The molecule has 1 amide bonds. The molecule has 1 N–H and O–H groups in total. The van der Waals surface area contributed by atoms with Gasteiger partial charge in [0, 0.05) is 33.7 Å². The van der Waals surface area contributed by atoms with Crippen molar-refractivity contribution >= 4 is 29.3 Å². The summed E-state index contributed by atoms with van der Waals surface area (Å²) >= 11 is 8.11. The van der Waals surface area contributed by atoms with E-state index in [-0.39, 0.29) is 5.91 Å². The molecule has 0 atom stereocenters. The van der Waals surface area contributed by atoms with E-state index in [1.165, 1.54) is 25.7 Å². The Morgan fingerprint density at radius 2 is 1.85 bits per heavy atom. The van der Waals surface area contributed by atoms with Gasteiger partial charge in [0.25, 0.3) is 5.91 Å². The van der Waals surface area contributed by atoms with Crippen LogP contribution >= 0.6 is 23.4 Å². The Kier molecular flexibility index (Phi) is 7.27. The van der Waals surface area contributed by atoms with Crippen LogP contribution in [0.5, 0.6) is 5.75 Å². The maximum Gasteiger partial charge on any atom is 0.251 e. The lowest BCUT2D eigenvalue weighted by molar-refractivity contribution is 0.0956. The lowest BCUT2D eigenvalue weighted by atomic mass is 10.2. The number of nitrogens with one attached hydrogen (secondary N) is 1. The standard InChI is InChI=1S/C21H24ClNO2S/c22-20-8-4-1-5-17(20)15-25-18-11-9-16(10-12-18)21(24)23-13-14-26-19-6-2-3-7-19/h1,4-5,8-12,19H,2-3,6-7,13-15H2,(H,23,24). The van der Waals surface area contributed by atoms with Crippen LogP contribution in [0.3, 0.4) is 0 Å². The van der Waals surface area contributed by atoms with Crippen molar-refractivity contribution in [1.82, 2.24) is 5.32 Å². The van der Waals surface area contributed by atoms with Gasteiger partial charge in [0.05, 0.1) is 0 Å². The predicted octanol–water partition coefficient (Wildman–Crippen LogP) is 5.32. The van der Waals surface area contributed by atoms with Gasteiger partial charge in [-0.1, -0.05) is 42.6 Å². The van der Waals surface area contributed by atoms with Crippen LogP contribution in [0, 0.1) is 0 Å². The summed E-state index contributed by atoms with van der Waals surface area (Å²) in [4.78, 5) is 12.2. The van der Waals surface area contributed by atoms with Crippen LogP contribution in [0.15, 0.2) is 48.5 Å². The first kappa shape index (κ1) is 19.1. The Bertz CT molecular complexity index is 714. The van der Waals surface area contributed by atoms with Crippen LogP contribution in [0.25, 0.3) is 0 Å². The Morgan fingerprint density at radius 1 is 1.12 bits per heavy atom. The summed E-state index contributed by atoms with van der Waals surface area (Å²) in [6.07, 6.45) is 5.37. The van der Waals surface area contributed by atoms with Crippen molar-refractivity contribution in [3.05, 3.63) is 64.7 Å². The van der Waals surface area contributed by atoms with Gasteiger partial charge in [0.15, 0.2) is 0 Å². The van der Waals surface area contributed by atoms with Crippen molar-refractivity contribution in [3.8, 4) is 5.75 Å². The smallest absolute Gasteiger partial charge is 0.251 e. The van der Waals surface area contributed by atoms with Crippen LogP contribution in [0.1, 0.15) is 41.6 Å². The molecular weight excluding hydrogens is 366 g/mol. The third-order valence-electron chi connectivity index (χ3n) is 4.51. The minimum atomic E-state index is -0.0327. The highest BCUT2D eigenvalue weighted by Crippen LogP contribution is 2.28. The van der Waals surface area contributed by atoms with Crippen molar-refractivity contribution in [2.75, 3.05) is 12.3 Å². The van der Waals surface area contributed by atoms with E-state index in [2.05, 4.69) is 5.32 Å². The van der Waals surface area contributed by atoms with Gasteiger partial charge in [-0.25, -0.2) is 0 Å². The van der Waals surface area contributed by atoms with E-state index in [4.69, 9.17) is 16.3 Å². The predicted molar refractivity (Wildman–Crippen MR) is 109 cm³/mol. The molecule has 1 fully saturated rings. The summed E-state index contributed by atoms with van der Waals surface area (Å²) in [7, 11) is 0. The van der Waals surface area contributed by atoms with Gasteiger partial charge in [-0.3, -0.25) is 4.79 Å². The van der Waals surface area contributed by atoms with Gasteiger partial charge >= 0.3 is 0 Å². The molecule has 0 aromatic heterocycles. The van der Waals surface area contributed by atoms with Gasteiger partial charge in [0.2, 0.25) is 0 Å². The fourth-order valence-electron chi connectivity index (χ4n) is 3.03. The molecule has 0 spiro atoms. The van der Waals surface area contributed by atoms with Crippen molar-refractivity contribution in [1.29, 1.82) is 0 Å². The van der Waals surface area contributed by atoms with Crippen LogP contribution < -0.4 is 10.1 Å². The fourth-order valence-corrected chi connectivity index (χ4v) is 4.44. The molecule has 2 aromatic rings. The molecule has 2 aromatic carbocycles. The van der Waals surface area contributed by atoms with E-state index in [0.29, 0.717) is 23.7 Å². The molecule has 1 saturated carbocycles. The van der Waals surface area contributed by atoms with Crippen LogP contribution in [-0.4, -0.2) is 23.5 Å². The summed E-state index contributed by atoms with van der Waals surface area (Å²) in [5, 5.41) is 4.48. The largest absolute Gasteiger partial charge is 0.489 e. The zero-order chi connectivity index (χ0) is 18.2. The third kappa shape index (κ3) is 5.68. The SMILES string of the molecule is O=C(NCCSC1CCCC1)c1ccc(OCc2ccccc2Cl)cc1. The molecule has 3 rings (SSSR count). The normalized spacial score (nSPS) is 14.3. The molecule has 1 aliphatic carbocycles. The number of ether oxygens (including phenoxy) is 1. The van der Waals surface area contributed by atoms with E-state index >= 15 is 0 Å². The first-order chi connectivity index (χ1) is 12.7. The lowest BCUT2D eigenvalue weighted by Gasteiger charge is -2.10. The maximum atomic E-state index is 12.2. The van der Waals surface area contributed by atoms with Gasteiger partial charge in [-0.15, -0.1) is 0 Å². The quantitative estimate of drug-likeness (QED) is 0.620. The summed E-state index contributed by atoms with van der Waals surface area (Å²) in [6.45, 7) is 1.12. The number of thioether (sulfide) groups is 1. The minimum Gasteiger partial charge on any atom is -0.489 e. The second-order valence-corrected chi connectivity index (χ2v) is 8.25. The lowest BCUT2D eigenvalue weighted by Crippen LogP contribution is -2.26. The number of rotatable bonds is 8. The number of carbonyl (C=O) groups excluding carboxylic acids is 1. The molecule has 3 nitrogen and oxygen atoms in total. The first-order valence-corrected chi connectivity index (χ1v) is 10.5. The Labute approximate surface area is 164 Å². The van der Waals surface area contributed by atoms with E-state index < -0.39 is 0 Å². The Hall–Kier alpha value is -1.65. The topological polar surface area (TPSA) is 38.3 Å². The highest BCUT2D eigenvalue weighted by Gasteiger charge is 2.15. The molecule has 0 bridgehead atoms. The summed E-state index contributed by atoms with van der Waals surface area (Å²) in [5.41, 5.74) is 1.59. The molecule has 0 heterocycles. The van der Waals surface area contributed by atoms with Crippen molar-refractivity contribution < 1.29 is 9.53 Å². The Balaban J connectivity index is 1.41. The fraction of sp³-hybridized carbons (Fsp3) is 0.381. The summed E-state index contributed by atoms with van der Waals surface area (Å²) in [5.74, 6) is 1.67. The number of benzene rings is 2. The molecule has 0 unspecified atom stereocenters. The number of hydrogen-bond acceptors (Lipinski definition) is 3. The monoisotopic (exact) mass is 389 g/mol. The number of carbonyl (C=O) groups is 1. The second-order valence-electron chi connectivity index (χ2n) is 6.44. The number of hydrogen-bond donors (Lipinski definition) is 1. The zero-order valence-electron chi connectivity index (χ0n) is 14.7. The Morgan fingerprint density at radius 3 is 2.58 bits per heavy atom. The van der Waals surface area contributed by atoms with Crippen LogP contribution in [0.4, 0.5) is 0 Å². The average molecular weight is 390 g/mol. The van der Waals surface area contributed by atoms with Gasteiger partial charge in [-0.05, 0) is 43.2 Å². The molecular formula is C21H24ClNO2S. The van der Waals surface area contributed by atoms with E-state index in [1.54, 1.807) is 12.1 Å². The molecule has 0 radical (unpaired) electrons. The first-order valence-electron chi connectivity index (χ1n) is 9.08. The van der Waals surface area contributed by atoms with Gasteiger partial charge < -0.3 is 10.1 Å². The summed E-state index contributed by atoms with van der Waals surface area (Å²) in [6, 6.07) is 14.8. The molecule has 0 aliphatic heterocycles. The highest BCUT2D eigenvalue weighted by molar-refractivity contribution is 7.99. The van der Waals surface area contributed by atoms with Crippen LogP contribution in [0.2, 0.25) is 5.02 Å². The number of amides is 1. The molecule has 5 heteroatoms. The van der Waals surface area contributed by atoms with Gasteiger partial charge in [-0.2, -0.15) is 11.8 Å². The third-order valence-corrected chi connectivity index (χ3v) is 6.26. The molecule has 0 saturated heterocycles. The number of halogens is 1. The highest BCUT2D eigenvalue weighted by atomic mass is 35.5. The molecule has 26 heavy (non-hydrogen) atoms. The van der Waals surface area contributed by atoms with Crippen molar-refractivity contribution in [2.24, 2.45) is 0 Å².